The average molecular weight is 312 g/mol. The van der Waals surface area contributed by atoms with Crippen LogP contribution in [0.4, 0.5) is 0 Å². The predicted molar refractivity (Wildman–Crippen MR) is 75.0 cm³/mol. The van der Waals surface area contributed by atoms with Crippen LogP contribution < -0.4 is 4.74 Å². The van der Waals surface area contributed by atoms with Crippen LogP contribution in [-0.4, -0.2) is 4.98 Å². The summed E-state index contributed by atoms with van der Waals surface area (Å²) in [5.74, 6) is 0.989. The number of benzene rings is 1. The van der Waals surface area contributed by atoms with E-state index in [1.165, 1.54) is 16.7 Å². The Labute approximate surface area is 114 Å². The zero-order chi connectivity index (χ0) is 12.3. The van der Waals surface area contributed by atoms with Gasteiger partial charge in [-0.25, -0.2) is 0 Å². The first kappa shape index (κ1) is 12.6. The van der Waals surface area contributed by atoms with Gasteiger partial charge in [0.15, 0.2) is 0 Å². The van der Waals surface area contributed by atoms with Crippen LogP contribution in [0.15, 0.2) is 23.8 Å². The highest BCUT2D eigenvalue weighted by atomic mass is 79.9. The second-order valence-electron chi connectivity index (χ2n) is 3.95. The average Bonchev–Trinajstić information content (AvgIpc) is 2.80. The third kappa shape index (κ3) is 3.07. The van der Waals surface area contributed by atoms with Crippen LogP contribution in [0.1, 0.15) is 21.6 Å². The minimum absolute atomic E-state index is 0.597. The molecule has 0 unspecified atom stereocenters. The van der Waals surface area contributed by atoms with E-state index in [2.05, 4.69) is 46.9 Å². The molecule has 2 aromatic rings. The SMILES string of the molecule is Cc1cc(CBr)cc(C)c1OCc1cncs1. The van der Waals surface area contributed by atoms with Crippen LogP contribution in [0.2, 0.25) is 0 Å². The number of aromatic nitrogens is 1. The number of alkyl halides is 1. The minimum Gasteiger partial charge on any atom is -0.487 e. The van der Waals surface area contributed by atoms with Crippen LogP contribution in [0.25, 0.3) is 0 Å². The van der Waals surface area contributed by atoms with Crippen LogP contribution in [0.3, 0.4) is 0 Å². The van der Waals surface area contributed by atoms with Crippen LogP contribution in [-0.2, 0) is 11.9 Å². The molecule has 4 heteroatoms. The van der Waals surface area contributed by atoms with Gasteiger partial charge >= 0.3 is 0 Å². The molecule has 1 aromatic carbocycles. The van der Waals surface area contributed by atoms with Gasteiger partial charge in [-0.2, -0.15) is 0 Å². The van der Waals surface area contributed by atoms with E-state index in [0.29, 0.717) is 6.61 Å². The molecule has 0 aliphatic rings. The lowest BCUT2D eigenvalue weighted by Gasteiger charge is -2.12. The first-order chi connectivity index (χ1) is 8.20. The molecule has 90 valence electrons. The van der Waals surface area contributed by atoms with Gasteiger partial charge in [-0.3, -0.25) is 4.98 Å². The van der Waals surface area contributed by atoms with E-state index in [4.69, 9.17) is 4.74 Å². The number of ether oxygens (including phenoxy) is 1. The highest BCUT2D eigenvalue weighted by molar-refractivity contribution is 9.08. The largest absolute Gasteiger partial charge is 0.487 e. The molecule has 0 aliphatic carbocycles. The van der Waals surface area contributed by atoms with Crippen molar-refractivity contribution in [2.24, 2.45) is 0 Å². The van der Waals surface area contributed by atoms with E-state index in [1.807, 2.05) is 11.7 Å². The molecular weight excluding hydrogens is 298 g/mol. The molecule has 1 aromatic heterocycles. The Balaban J connectivity index is 2.15. The van der Waals surface area contributed by atoms with Crippen molar-refractivity contribution in [1.29, 1.82) is 0 Å². The van der Waals surface area contributed by atoms with Crippen molar-refractivity contribution in [3.8, 4) is 5.75 Å². The van der Waals surface area contributed by atoms with Crippen LogP contribution >= 0.6 is 27.3 Å². The van der Waals surface area contributed by atoms with Gasteiger partial charge in [0.2, 0.25) is 0 Å². The summed E-state index contributed by atoms with van der Waals surface area (Å²) >= 11 is 5.09. The highest BCUT2D eigenvalue weighted by Crippen LogP contribution is 2.26. The first-order valence-electron chi connectivity index (χ1n) is 5.37. The number of rotatable bonds is 4. The number of aryl methyl sites for hydroxylation is 2. The summed E-state index contributed by atoms with van der Waals surface area (Å²) in [6.07, 6.45) is 1.85. The maximum absolute atomic E-state index is 5.87. The standard InChI is InChI=1S/C13H14BrNOS/c1-9-3-11(5-14)4-10(2)13(9)16-7-12-6-15-8-17-12/h3-4,6,8H,5,7H2,1-2H3. The predicted octanol–water partition coefficient (Wildman–Crippen LogP) is 4.23. The molecule has 0 fully saturated rings. The van der Waals surface area contributed by atoms with Crippen molar-refractivity contribution in [1.82, 2.24) is 4.98 Å². The molecule has 0 atom stereocenters. The fraction of sp³-hybridized carbons (Fsp3) is 0.308. The molecule has 0 amide bonds. The zero-order valence-electron chi connectivity index (χ0n) is 9.87. The van der Waals surface area contributed by atoms with Crippen molar-refractivity contribution in [3.63, 3.8) is 0 Å². The van der Waals surface area contributed by atoms with Gasteiger partial charge in [0, 0.05) is 11.5 Å². The number of nitrogens with zero attached hydrogens (tertiary/aromatic N) is 1. The summed E-state index contributed by atoms with van der Waals surface area (Å²) < 4.78 is 5.87. The van der Waals surface area contributed by atoms with E-state index in [-0.39, 0.29) is 0 Å². The molecule has 0 radical (unpaired) electrons. The number of hydrogen-bond acceptors (Lipinski definition) is 3. The monoisotopic (exact) mass is 311 g/mol. The Hall–Kier alpha value is -0.870. The van der Waals surface area contributed by atoms with Gasteiger partial charge in [0.05, 0.1) is 10.4 Å². The third-order valence-corrected chi connectivity index (χ3v) is 3.92. The molecule has 1 heterocycles. The minimum atomic E-state index is 0.597. The first-order valence-corrected chi connectivity index (χ1v) is 7.37. The van der Waals surface area contributed by atoms with Gasteiger partial charge in [0.1, 0.15) is 12.4 Å². The molecule has 2 rings (SSSR count). The van der Waals surface area contributed by atoms with Gasteiger partial charge in [-0.1, -0.05) is 28.1 Å². The molecule has 2 nitrogen and oxygen atoms in total. The molecule has 0 bridgehead atoms. The van der Waals surface area contributed by atoms with Crippen LogP contribution in [0.5, 0.6) is 5.75 Å². The van der Waals surface area contributed by atoms with Crippen molar-refractivity contribution in [3.05, 3.63) is 45.4 Å². The van der Waals surface area contributed by atoms with Gasteiger partial charge in [-0.05, 0) is 30.5 Å². The fourth-order valence-corrected chi connectivity index (χ4v) is 2.63. The topological polar surface area (TPSA) is 22.1 Å². The normalized spacial score (nSPS) is 10.5. The summed E-state index contributed by atoms with van der Waals surface area (Å²) in [7, 11) is 0. The van der Waals surface area contributed by atoms with E-state index in [0.717, 1.165) is 16.0 Å². The van der Waals surface area contributed by atoms with Gasteiger partial charge in [-0.15, -0.1) is 11.3 Å². The second-order valence-corrected chi connectivity index (χ2v) is 5.48. The summed E-state index contributed by atoms with van der Waals surface area (Å²) in [5, 5.41) is 0.879. The molecule has 0 spiro atoms. The maximum Gasteiger partial charge on any atom is 0.125 e. The van der Waals surface area contributed by atoms with E-state index in [1.54, 1.807) is 11.3 Å². The third-order valence-electron chi connectivity index (χ3n) is 2.52. The van der Waals surface area contributed by atoms with Crippen LogP contribution in [0, 0.1) is 13.8 Å². The number of hydrogen-bond donors (Lipinski definition) is 0. The molecular formula is C13H14BrNOS. The summed E-state index contributed by atoms with van der Waals surface area (Å²) in [6, 6.07) is 4.31. The summed E-state index contributed by atoms with van der Waals surface area (Å²) in [6.45, 7) is 4.77. The van der Waals surface area contributed by atoms with E-state index < -0.39 is 0 Å². The zero-order valence-corrected chi connectivity index (χ0v) is 12.3. The summed E-state index contributed by atoms with van der Waals surface area (Å²) in [5.41, 5.74) is 5.48. The molecule has 0 saturated heterocycles. The highest BCUT2D eigenvalue weighted by Gasteiger charge is 2.06. The molecule has 0 aliphatic heterocycles. The van der Waals surface area contributed by atoms with E-state index in [9.17, 15) is 0 Å². The molecule has 0 saturated carbocycles. The van der Waals surface area contributed by atoms with Crippen molar-refractivity contribution in [2.75, 3.05) is 0 Å². The maximum atomic E-state index is 5.87. The lowest BCUT2D eigenvalue weighted by molar-refractivity contribution is 0.305. The van der Waals surface area contributed by atoms with E-state index >= 15 is 0 Å². The quantitative estimate of drug-likeness (QED) is 0.788. The Morgan fingerprint density at radius 2 is 2.00 bits per heavy atom. The van der Waals surface area contributed by atoms with Gasteiger partial charge < -0.3 is 4.74 Å². The molecule has 0 N–H and O–H groups in total. The number of halogens is 1. The Kier molecular flexibility index (Phi) is 4.18. The van der Waals surface area contributed by atoms with Crippen molar-refractivity contribution in [2.45, 2.75) is 25.8 Å². The fourth-order valence-electron chi connectivity index (χ4n) is 1.80. The second kappa shape index (κ2) is 5.65. The lowest BCUT2D eigenvalue weighted by Crippen LogP contribution is -1.98. The Morgan fingerprint density at radius 1 is 1.29 bits per heavy atom. The lowest BCUT2D eigenvalue weighted by atomic mass is 10.1. The smallest absolute Gasteiger partial charge is 0.125 e. The Bertz CT molecular complexity index is 473. The summed E-state index contributed by atoms with van der Waals surface area (Å²) in [4.78, 5) is 5.19. The van der Waals surface area contributed by atoms with Crippen molar-refractivity contribution >= 4 is 27.3 Å². The molecule has 17 heavy (non-hydrogen) atoms. The number of thiazole rings is 1. The van der Waals surface area contributed by atoms with Crippen molar-refractivity contribution < 1.29 is 4.74 Å². The Morgan fingerprint density at radius 3 is 2.53 bits per heavy atom. The van der Waals surface area contributed by atoms with Gasteiger partial charge in [0.25, 0.3) is 0 Å².